The van der Waals surface area contributed by atoms with Crippen molar-refractivity contribution in [2.75, 3.05) is 18.1 Å². The molecule has 2 N–H and O–H groups in total. The lowest BCUT2D eigenvalue weighted by Crippen LogP contribution is -2.36. The van der Waals surface area contributed by atoms with Crippen LogP contribution in [-0.4, -0.2) is 35.2 Å². The number of aliphatic hydroxyl groups excluding tert-OH is 1. The topological polar surface area (TPSA) is 96.3 Å². The molecule has 0 radical (unpaired) electrons. The molecule has 1 atom stereocenters. The molecule has 0 aliphatic carbocycles. The van der Waals surface area contributed by atoms with E-state index in [0.29, 0.717) is 42.3 Å². The molecule has 0 fully saturated rings. The summed E-state index contributed by atoms with van der Waals surface area (Å²) in [5, 5.41) is 21.8. The summed E-state index contributed by atoms with van der Waals surface area (Å²) >= 11 is 13.0. The van der Waals surface area contributed by atoms with Crippen LogP contribution in [0.4, 0.5) is 5.69 Å². The third kappa shape index (κ3) is 7.03. The molecular formula is C30H24Br2ClNO6. The van der Waals surface area contributed by atoms with E-state index >= 15 is 0 Å². The maximum Gasteiger partial charge on any atom is 0.326 e. The molecule has 0 aliphatic heterocycles. The molecule has 0 aliphatic rings. The molecule has 0 bridgehead atoms. The predicted molar refractivity (Wildman–Crippen MR) is 160 cm³/mol. The van der Waals surface area contributed by atoms with Gasteiger partial charge in [0.1, 0.15) is 24.1 Å². The fourth-order valence-corrected chi connectivity index (χ4v) is 5.36. The van der Waals surface area contributed by atoms with Crippen molar-refractivity contribution in [2.45, 2.75) is 13.0 Å². The SMILES string of the molecule is CCOC(=O)CN(C(=O)c1ccccc1)c1cc(Br)c(Oc2ccc(O)c(C(O)c3ccc(Cl)cc3)c2)c(Br)c1. The molecule has 4 aromatic rings. The summed E-state index contributed by atoms with van der Waals surface area (Å²) in [7, 11) is 0. The molecule has 4 rings (SSSR count). The number of carbonyl (C=O) groups excluding carboxylic acids is 2. The summed E-state index contributed by atoms with van der Waals surface area (Å²) < 4.78 is 12.2. The van der Waals surface area contributed by atoms with Crippen LogP contribution < -0.4 is 9.64 Å². The second-order valence-corrected chi connectivity index (χ2v) is 10.7. The van der Waals surface area contributed by atoms with Gasteiger partial charge in [0.25, 0.3) is 5.91 Å². The van der Waals surface area contributed by atoms with Crippen LogP contribution in [0.1, 0.15) is 34.5 Å². The number of phenolic OH excluding ortho intramolecular Hbond substituents is 1. The number of halogens is 3. The van der Waals surface area contributed by atoms with Crippen LogP contribution in [0.2, 0.25) is 5.02 Å². The number of nitrogens with zero attached hydrogens (tertiary/aromatic N) is 1. The highest BCUT2D eigenvalue weighted by atomic mass is 79.9. The summed E-state index contributed by atoms with van der Waals surface area (Å²) in [6.07, 6.45) is -1.12. The highest BCUT2D eigenvalue weighted by molar-refractivity contribution is 9.11. The minimum absolute atomic E-state index is 0.0997. The normalized spacial score (nSPS) is 11.5. The Balaban J connectivity index is 1.64. The monoisotopic (exact) mass is 687 g/mol. The molecule has 0 saturated heterocycles. The Kier molecular flexibility index (Phi) is 9.86. The highest BCUT2D eigenvalue weighted by Gasteiger charge is 2.24. The van der Waals surface area contributed by atoms with E-state index < -0.39 is 12.1 Å². The molecule has 0 heterocycles. The minimum Gasteiger partial charge on any atom is -0.508 e. The lowest BCUT2D eigenvalue weighted by Gasteiger charge is -2.23. The van der Waals surface area contributed by atoms with Crippen LogP contribution in [0.15, 0.2) is 93.9 Å². The number of amides is 1. The van der Waals surface area contributed by atoms with E-state index in [-0.39, 0.29) is 30.4 Å². The van der Waals surface area contributed by atoms with E-state index in [0.717, 1.165) is 0 Å². The van der Waals surface area contributed by atoms with Crippen molar-refractivity contribution in [1.82, 2.24) is 0 Å². The van der Waals surface area contributed by atoms with E-state index in [4.69, 9.17) is 21.1 Å². The zero-order valence-corrected chi connectivity index (χ0v) is 25.1. The Morgan fingerprint density at radius 3 is 2.23 bits per heavy atom. The van der Waals surface area contributed by atoms with Gasteiger partial charge in [0.05, 0.1) is 15.6 Å². The quantitative estimate of drug-likeness (QED) is 0.175. The highest BCUT2D eigenvalue weighted by Crippen LogP contribution is 2.42. The van der Waals surface area contributed by atoms with Gasteiger partial charge in [-0.3, -0.25) is 14.5 Å². The molecule has 1 amide bonds. The van der Waals surface area contributed by atoms with Crippen molar-refractivity contribution < 1.29 is 29.3 Å². The van der Waals surface area contributed by atoms with Crippen molar-refractivity contribution in [3.8, 4) is 17.2 Å². The first-order valence-electron chi connectivity index (χ1n) is 12.1. The largest absolute Gasteiger partial charge is 0.508 e. The van der Waals surface area contributed by atoms with Crippen LogP contribution in [0.5, 0.6) is 17.2 Å². The summed E-state index contributed by atoms with van der Waals surface area (Å²) in [6, 6.07) is 23.1. The second kappa shape index (κ2) is 13.3. The molecule has 4 aromatic carbocycles. The van der Waals surface area contributed by atoms with Gasteiger partial charge in [-0.2, -0.15) is 0 Å². The summed E-state index contributed by atoms with van der Waals surface area (Å²) in [6.45, 7) is 1.60. The minimum atomic E-state index is -1.12. The molecule has 0 aromatic heterocycles. The Morgan fingerprint density at radius 1 is 0.950 bits per heavy atom. The molecule has 1 unspecified atom stereocenters. The number of hydrogen-bond acceptors (Lipinski definition) is 6. The van der Waals surface area contributed by atoms with E-state index in [1.807, 2.05) is 0 Å². The number of carbonyl (C=O) groups is 2. The summed E-state index contributed by atoms with van der Waals surface area (Å²) in [5.74, 6) is -0.295. The number of phenols is 1. The Bertz CT molecular complexity index is 1490. The maximum atomic E-state index is 13.4. The number of hydrogen-bond donors (Lipinski definition) is 2. The average molecular weight is 690 g/mol. The van der Waals surface area contributed by atoms with Gasteiger partial charge >= 0.3 is 5.97 Å². The number of benzene rings is 4. The standard InChI is InChI=1S/C30H24Br2ClNO6/c1-2-39-27(36)17-34(30(38)19-6-4-3-5-7-19)21-14-24(31)29(25(32)15-21)40-22-12-13-26(35)23(16-22)28(37)18-8-10-20(33)11-9-18/h3-16,28,35,37H,2,17H2,1H3. The van der Waals surface area contributed by atoms with E-state index in [9.17, 15) is 19.8 Å². The fraction of sp³-hybridized carbons (Fsp3) is 0.133. The predicted octanol–water partition coefficient (Wildman–Crippen LogP) is 7.65. The lowest BCUT2D eigenvalue weighted by molar-refractivity contribution is -0.141. The zero-order chi connectivity index (χ0) is 28.8. The number of esters is 1. The Labute approximate surface area is 253 Å². The first kappa shape index (κ1) is 29.6. The summed E-state index contributed by atoms with van der Waals surface area (Å²) in [5.41, 5.74) is 1.64. The van der Waals surface area contributed by atoms with Gasteiger partial charge in [-0.1, -0.05) is 41.9 Å². The maximum absolute atomic E-state index is 13.4. The second-order valence-electron chi connectivity index (χ2n) is 8.58. The number of ether oxygens (including phenoxy) is 2. The molecule has 7 nitrogen and oxygen atoms in total. The Hall–Kier alpha value is -3.37. The van der Waals surface area contributed by atoms with Crippen molar-refractivity contribution >= 4 is 61.0 Å². The van der Waals surface area contributed by atoms with Gasteiger partial charge in [0, 0.05) is 21.8 Å². The first-order chi connectivity index (χ1) is 19.2. The molecule has 0 saturated carbocycles. The lowest BCUT2D eigenvalue weighted by atomic mass is 10.0. The summed E-state index contributed by atoms with van der Waals surface area (Å²) in [4.78, 5) is 27.0. The first-order valence-corrected chi connectivity index (χ1v) is 14.1. The van der Waals surface area contributed by atoms with E-state index in [2.05, 4.69) is 31.9 Å². The number of aromatic hydroxyl groups is 1. The van der Waals surface area contributed by atoms with Gasteiger partial charge in [-0.15, -0.1) is 0 Å². The third-order valence-electron chi connectivity index (χ3n) is 5.85. The molecule has 0 spiro atoms. The van der Waals surface area contributed by atoms with Crippen LogP contribution >= 0.6 is 43.5 Å². The molecular weight excluding hydrogens is 666 g/mol. The zero-order valence-electron chi connectivity index (χ0n) is 21.2. The number of aliphatic hydroxyl groups is 1. The fourth-order valence-electron chi connectivity index (χ4n) is 3.91. The van der Waals surface area contributed by atoms with E-state index in [1.54, 1.807) is 79.7 Å². The van der Waals surface area contributed by atoms with Gasteiger partial charge in [0.15, 0.2) is 5.75 Å². The third-order valence-corrected chi connectivity index (χ3v) is 7.28. The van der Waals surface area contributed by atoms with Crippen LogP contribution in [0.3, 0.4) is 0 Å². The van der Waals surface area contributed by atoms with Gasteiger partial charge in [-0.25, -0.2) is 0 Å². The number of rotatable bonds is 9. The van der Waals surface area contributed by atoms with Gasteiger partial charge in [-0.05, 0) is 98.9 Å². The Morgan fingerprint density at radius 2 is 1.60 bits per heavy atom. The van der Waals surface area contributed by atoms with Crippen molar-refractivity contribution in [2.24, 2.45) is 0 Å². The van der Waals surface area contributed by atoms with Crippen molar-refractivity contribution in [3.63, 3.8) is 0 Å². The molecule has 206 valence electrons. The van der Waals surface area contributed by atoms with Crippen LogP contribution in [-0.2, 0) is 9.53 Å². The van der Waals surface area contributed by atoms with Crippen molar-refractivity contribution in [1.29, 1.82) is 0 Å². The smallest absolute Gasteiger partial charge is 0.326 e. The number of anilines is 1. The molecule has 40 heavy (non-hydrogen) atoms. The van der Waals surface area contributed by atoms with Crippen molar-refractivity contribution in [3.05, 3.63) is 116 Å². The van der Waals surface area contributed by atoms with Gasteiger partial charge < -0.3 is 19.7 Å². The van der Waals surface area contributed by atoms with Gasteiger partial charge in [0.2, 0.25) is 0 Å². The van der Waals surface area contributed by atoms with E-state index in [1.165, 1.54) is 17.0 Å². The average Bonchev–Trinajstić information content (AvgIpc) is 2.94. The van der Waals surface area contributed by atoms with Crippen LogP contribution in [0, 0.1) is 0 Å². The molecule has 10 heteroatoms. The van der Waals surface area contributed by atoms with Crippen LogP contribution in [0.25, 0.3) is 0 Å².